The second-order valence-electron chi connectivity index (χ2n) is 7.39. The van der Waals surface area contributed by atoms with Crippen LogP contribution < -0.4 is 10.6 Å². The lowest BCUT2D eigenvalue weighted by molar-refractivity contribution is -0.141. The molecule has 0 spiro atoms. The molecule has 28 heavy (non-hydrogen) atoms. The summed E-state index contributed by atoms with van der Waals surface area (Å²) >= 11 is 0. The summed E-state index contributed by atoms with van der Waals surface area (Å²) in [5.41, 5.74) is 0.960. The average Bonchev–Trinajstić information content (AvgIpc) is 2.99. The van der Waals surface area contributed by atoms with Gasteiger partial charge in [0.1, 0.15) is 6.04 Å². The van der Waals surface area contributed by atoms with Crippen molar-refractivity contribution < 1.29 is 19.5 Å². The maximum absolute atomic E-state index is 13.1. The lowest BCUT2D eigenvalue weighted by Gasteiger charge is -2.32. The third-order valence-electron chi connectivity index (χ3n) is 5.74. The van der Waals surface area contributed by atoms with Crippen LogP contribution in [0.25, 0.3) is 0 Å². The molecular weight excluding hydrogens is 358 g/mol. The van der Waals surface area contributed by atoms with Gasteiger partial charge in [0.25, 0.3) is 0 Å². The van der Waals surface area contributed by atoms with Crippen molar-refractivity contribution in [3.63, 3.8) is 0 Å². The van der Waals surface area contributed by atoms with Gasteiger partial charge in [0.05, 0.1) is 18.4 Å². The van der Waals surface area contributed by atoms with Crippen LogP contribution in [0.5, 0.6) is 0 Å². The molecule has 1 aromatic carbocycles. The minimum absolute atomic E-state index is 0.0674. The number of fused-ring (bicyclic) bond motifs is 1. The van der Waals surface area contributed by atoms with Gasteiger partial charge in [-0.25, -0.2) is 0 Å². The van der Waals surface area contributed by atoms with Crippen LogP contribution in [0.1, 0.15) is 12.5 Å². The Morgan fingerprint density at radius 3 is 2.50 bits per heavy atom. The fourth-order valence-electron chi connectivity index (χ4n) is 4.40. The molecule has 0 aromatic heterocycles. The number of aliphatic hydroxyl groups excluding tert-OH is 1. The minimum atomic E-state index is -0.732. The van der Waals surface area contributed by atoms with Crippen molar-refractivity contribution in [1.82, 2.24) is 15.5 Å². The first-order valence-corrected chi connectivity index (χ1v) is 9.62. The largest absolute Gasteiger partial charge is 0.395 e. The first kappa shape index (κ1) is 20.1. The Hall–Kier alpha value is -2.67. The summed E-state index contributed by atoms with van der Waals surface area (Å²) in [6.45, 7) is 2.09. The van der Waals surface area contributed by atoms with Crippen LogP contribution in [0, 0.1) is 23.7 Å². The van der Waals surface area contributed by atoms with Gasteiger partial charge in [-0.1, -0.05) is 49.4 Å². The maximum atomic E-state index is 13.1. The molecule has 7 heteroatoms. The van der Waals surface area contributed by atoms with Gasteiger partial charge in [-0.2, -0.15) is 0 Å². The van der Waals surface area contributed by atoms with Gasteiger partial charge in [-0.05, 0) is 11.5 Å². The van der Waals surface area contributed by atoms with Crippen molar-refractivity contribution in [3.8, 4) is 0 Å². The number of nitrogens with one attached hydrogen (secondary N) is 2. The number of carbonyl (C=O) groups excluding carboxylic acids is 3. The Morgan fingerprint density at radius 2 is 1.86 bits per heavy atom. The van der Waals surface area contributed by atoms with Crippen LogP contribution in [-0.4, -0.2) is 54.0 Å². The average molecular weight is 385 g/mol. The van der Waals surface area contributed by atoms with Crippen molar-refractivity contribution >= 4 is 17.7 Å². The van der Waals surface area contributed by atoms with Crippen molar-refractivity contribution in [2.45, 2.75) is 19.5 Å². The first-order chi connectivity index (χ1) is 13.5. The lowest BCUT2D eigenvalue weighted by Crippen LogP contribution is -2.48. The Morgan fingerprint density at radius 1 is 1.14 bits per heavy atom. The highest BCUT2D eigenvalue weighted by Gasteiger charge is 2.56. The Balaban J connectivity index is 1.86. The Labute approximate surface area is 164 Å². The molecular formula is C21H27N3O4. The predicted octanol–water partition coefficient (Wildman–Crippen LogP) is 0.306. The van der Waals surface area contributed by atoms with E-state index in [2.05, 4.69) is 10.6 Å². The molecule has 1 fully saturated rings. The highest BCUT2D eigenvalue weighted by atomic mass is 16.3. The molecule has 1 aliphatic heterocycles. The molecule has 0 bridgehead atoms. The molecule has 5 atom stereocenters. The number of carbonyl (C=O) groups is 3. The summed E-state index contributed by atoms with van der Waals surface area (Å²) in [6, 6.07) is 8.80. The summed E-state index contributed by atoms with van der Waals surface area (Å²) in [4.78, 5) is 40.0. The molecule has 3 rings (SSSR count). The number of hydrogen-bond donors (Lipinski definition) is 3. The maximum Gasteiger partial charge on any atom is 0.243 e. The molecule has 2 aliphatic rings. The fourth-order valence-corrected chi connectivity index (χ4v) is 4.40. The Kier molecular flexibility index (Phi) is 6.14. The second kappa shape index (κ2) is 8.56. The van der Waals surface area contributed by atoms with Crippen molar-refractivity contribution in [1.29, 1.82) is 0 Å². The van der Waals surface area contributed by atoms with Crippen molar-refractivity contribution in [2.75, 3.05) is 20.2 Å². The van der Waals surface area contributed by atoms with Crippen LogP contribution >= 0.6 is 0 Å². The van der Waals surface area contributed by atoms with Crippen LogP contribution in [-0.2, 0) is 20.9 Å². The van der Waals surface area contributed by atoms with Crippen LogP contribution in [0.3, 0.4) is 0 Å². The normalized spacial score (nSPS) is 28.8. The van der Waals surface area contributed by atoms with E-state index in [1.807, 2.05) is 49.4 Å². The highest BCUT2D eigenvalue weighted by molar-refractivity contribution is 5.96. The quantitative estimate of drug-likeness (QED) is 0.614. The van der Waals surface area contributed by atoms with Crippen LogP contribution in [0.15, 0.2) is 42.5 Å². The first-order valence-electron chi connectivity index (χ1n) is 9.62. The number of benzene rings is 1. The standard InChI is InChI=1S/C21H27N3O4/c1-13-8-9-15-17(16(13)19(26)22-2)21(28)24(10-11-25)18(15)20(27)23-12-14-6-4-3-5-7-14/h3-9,13,15-18,25H,10-12H2,1-2H3,(H,22,26)(H,23,27)/t13-,15+,16-,17-,18+/m1/s1. The summed E-state index contributed by atoms with van der Waals surface area (Å²) in [7, 11) is 1.55. The number of amides is 3. The highest BCUT2D eigenvalue weighted by Crippen LogP contribution is 2.43. The number of β-amino-alcohol motifs (C(OH)–C–C–N with tert-alkyl or cyclic N) is 1. The third kappa shape index (κ3) is 3.67. The Bertz CT molecular complexity index is 764. The minimum Gasteiger partial charge on any atom is -0.395 e. The topological polar surface area (TPSA) is 98.7 Å². The number of rotatable bonds is 6. The van der Waals surface area contributed by atoms with Crippen LogP contribution in [0.2, 0.25) is 0 Å². The smallest absolute Gasteiger partial charge is 0.243 e. The molecule has 3 N–H and O–H groups in total. The zero-order chi connectivity index (χ0) is 20.3. The zero-order valence-electron chi connectivity index (χ0n) is 16.2. The summed E-state index contributed by atoms with van der Waals surface area (Å²) in [5, 5.41) is 15.0. The predicted molar refractivity (Wildman–Crippen MR) is 104 cm³/mol. The molecule has 1 aromatic rings. The van der Waals surface area contributed by atoms with E-state index in [0.29, 0.717) is 6.54 Å². The lowest BCUT2D eigenvalue weighted by atomic mass is 9.70. The van der Waals surface area contributed by atoms with E-state index in [4.69, 9.17) is 0 Å². The number of hydrogen-bond acceptors (Lipinski definition) is 4. The van der Waals surface area contributed by atoms with Gasteiger partial charge in [-0.3, -0.25) is 14.4 Å². The van der Waals surface area contributed by atoms with E-state index < -0.39 is 23.8 Å². The van der Waals surface area contributed by atoms with Crippen LogP contribution in [0.4, 0.5) is 0 Å². The molecule has 7 nitrogen and oxygen atoms in total. The molecule has 0 unspecified atom stereocenters. The zero-order valence-corrected chi connectivity index (χ0v) is 16.2. The number of likely N-dealkylation sites (tertiary alicyclic amines) is 1. The van der Waals surface area contributed by atoms with E-state index in [1.165, 1.54) is 4.90 Å². The second-order valence-corrected chi connectivity index (χ2v) is 7.39. The van der Waals surface area contributed by atoms with E-state index in [-0.39, 0.29) is 36.8 Å². The fraction of sp³-hybridized carbons (Fsp3) is 0.476. The van der Waals surface area contributed by atoms with E-state index in [9.17, 15) is 19.5 Å². The molecule has 0 saturated carbocycles. The van der Waals surface area contributed by atoms with E-state index >= 15 is 0 Å². The summed E-state index contributed by atoms with van der Waals surface area (Å²) < 4.78 is 0. The van der Waals surface area contributed by atoms with Gasteiger partial charge in [0.2, 0.25) is 17.7 Å². The van der Waals surface area contributed by atoms with E-state index in [0.717, 1.165) is 5.56 Å². The summed E-state index contributed by atoms with van der Waals surface area (Å²) in [5.74, 6) is -2.34. The molecule has 1 saturated heterocycles. The monoisotopic (exact) mass is 385 g/mol. The van der Waals surface area contributed by atoms with Crippen molar-refractivity contribution in [3.05, 3.63) is 48.0 Å². The molecule has 3 amide bonds. The molecule has 1 heterocycles. The summed E-state index contributed by atoms with van der Waals surface area (Å²) in [6.07, 6.45) is 3.80. The van der Waals surface area contributed by atoms with Crippen molar-refractivity contribution in [2.24, 2.45) is 23.7 Å². The molecule has 150 valence electrons. The number of allylic oxidation sites excluding steroid dienone is 1. The molecule has 1 aliphatic carbocycles. The van der Waals surface area contributed by atoms with Gasteiger partial charge in [-0.15, -0.1) is 0 Å². The molecule has 0 radical (unpaired) electrons. The third-order valence-corrected chi connectivity index (χ3v) is 5.74. The SMILES string of the molecule is CNC(=O)[C@H]1[C@@H]2C(=O)N(CCO)[C@H](C(=O)NCc3ccccc3)[C@H]2C=C[C@H]1C. The number of aliphatic hydroxyl groups is 1. The van der Waals surface area contributed by atoms with Gasteiger partial charge in [0.15, 0.2) is 0 Å². The number of nitrogens with zero attached hydrogens (tertiary/aromatic N) is 1. The van der Waals surface area contributed by atoms with Gasteiger partial charge < -0.3 is 20.6 Å². The van der Waals surface area contributed by atoms with Gasteiger partial charge in [0, 0.05) is 26.1 Å². The van der Waals surface area contributed by atoms with Gasteiger partial charge >= 0.3 is 0 Å². The van der Waals surface area contributed by atoms with E-state index in [1.54, 1.807) is 7.05 Å².